The van der Waals surface area contributed by atoms with Crippen LogP contribution in [0.15, 0.2) is 42.9 Å². The van der Waals surface area contributed by atoms with Crippen molar-refractivity contribution in [3.8, 4) is 17.1 Å². The predicted molar refractivity (Wildman–Crippen MR) is 122 cm³/mol. The van der Waals surface area contributed by atoms with E-state index in [1.165, 1.54) is 0 Å². The summed E-state index contributed by atoms with van der Waals surface area (Å²) in [7, 11) is 1.96. The Bertz CT molecular complexity index is 1280. The fourth-order valence-electron chi connectivity index (χ4n) is 4.33. The van der Waals surface area contributed by atoms with E-state index < -0.39 is 0 Å². The van der Waals surface area contributed by atoms with Gasteiger partial charge in [0.15, 0.2) is 17.0 Å². The number of para-hydroxylation sites is 1. The van der Waals surface area contributed by atoms with Crippen LogP contribution in [0.5, 0.6) is 0 Å². The highest BCUT2D eigenvalue weighted by molar-refractivity contribution is 5.86. The Kier molecular flexibility index (Phi) is 5.08. The largest absolute Gasteiger partial charge is 0.364 e. The number of nitrogens with one attached hydrogen (secondary N) is 1. The Labute approximate surface area is 186 Å². The smallest absolute Gasteiger partial charge is 0.222 e. The highest BCUT2D eigenvalue weighted by Crippen LogP contribution is 2.29. The number of imidazole rings is 1. The molecule has 1 aliphatic rings. The molecule has 164 valence electrons. The number of fused-ring (bicyclic) bond motifs is 1. The van der Waals surface area contributed by atoms with Crippen LogP contribution in [0.2, 0.25) is 0 Å². The van der Waals surface area contributed by atoms with Gasteiger partial charge in [-0.15, -0.1) is 0 Å². The van der Waals surface area contributed by atoms with Gasteiger partial charge in [-0.1, -0.05) is 25.1 Å². The molecule has 4 heterocycles. The number of hydrogen-bond donors (Lipinski definition) is 1. The summed E-state index contributed by atoms with van der Waals surface area (Å²) in [5, 5.41) is 8.08. The first-order valence-electron chi connectivity index (χ1n) is 10.9. The molecule has 1 fully saturated rings. The van der Waals surface area contributed by atoms with E-state index in [0.717, 1.165) is 46.9 Å². The van der Waals surface area contributed by atoms with Crippen LogP contribution in [0.4, 0.5) is 5.82 Å². The van der Waals surface area contributed by atoms with Gasteiger partial charge in [-0.3, -0.25) is 4.79 Å². The van der Waals surface area contributed by atoms with Crippen LogP contribution < -0.4 is 5.32 Å². The number of anilines is 1. The van der Waals surface area contributed by atoms with Crippen LogP contribution >= 0.6 is 0 Å². The monoisotopic (exact) mass is 430 g/mol. The zero-order valence-corrected chi connectivity index (χ0v) is 18.5. The molecule has 9 heteroatoms. The molecule has 0 radical (unpaired) electrons. The van der Waals surface area contributed by atoms with Crippen LogP contribution in [0, 0.1) is 6.92 Å². The molecule has 0 aliphatic carbocycles. The number of rotatable bonds is 5. The Morgan fingerprint density at radius 3 is 2.81 bits per heavy atom. The van der Waals surface area contributed by atoms with Gasteiger partial charge in [0.1, 0.15) is 12.2 Å². The van der Waals surface area contributed by atoms with Gasteiger partial charge in [0.05, 0.1) is 23.1 Å². The molecule has 0 saturated carbocycles. The van der Waals surface area contributed by atoms with Crippen LogP contribution in [0.25, 0.3) is 28.2 Å². The van der Waals surface area contributed by atoms with Gasteiger partial charge < -0.3 is 14.8 Å². The predicted octanol–water partition coefficient (Wildman–Crippen LogP) is 2.95. The average Bonchev–Trinajstić information content (AvgIpc) is 3.52. The summed E-state index contributed by atoms with van der Waals surface area (Å²) < 4.78 is 3.89. The molecule has 5 rings (SSSR count). The minimum Gasteiger partial charge on any atom is -0.364 e. The number of carbonyl (C=O) groups excluding carboxylic acids is 1. The summed E-state index contributed by atoms with van der Waals surface area (Å²) >= 11 is 0. The Hall–Kier alpha value is -3.75. The molecule has 1 amide bonds. The van der Waals surface area contributed by atoms with Crippen molar-refractivity contribution in [2.24, 2.45) is 7.05 Å². The molecule has 0 spiro atoms. The van der Waals surface area contributed by atoms with E-state index in [1.807, 2.05) is 71.6 Å². The summed E-state index contributed by atoms with van der Waals surface area (Å²) in [6.07, 6.45) is 4.82. The van der Waals surface area contributed by atoms with E-state index in [0.29, 0.717) is 18.8 Å². The first-order valence-corrected chi connectivity index (χ1v) is 10.9. The highest BCUT2D eigenvalue weighted by atomic mass is 16.2. The van der Waals surface area contributed by atoms with Crippen molar-refractivity contribution in [2.45, 2.75) is 32.7 Å². The first-order chi connectivity index (χ1) is 15.6. The number of aryl methyl sites for hydroxylation is 1. The number of nitrogens with zero attached hydrogens (tertiary/aromatic N) is 7. The highest BCUT2D eigenvalue weighted by Gasteiger charge is 2.27. The van der Waals surface area contributed by atoms with Crippen LogP contribution in [0.3, 0.4) is 0 Å². The maximum atomic E-state index is 12.0. The zero-order chi connectivity index (χ0) is 22.2. The maximum Gasteiger partial charge on any atom is 0.222 e. The second-order valence-electron chi connectivity index (χ2n) is 8.10. The van der Waals surface area contributed by atoms with Crippen molar-refractivity contribution in [2.75, 3.05) is 18.4 Å². The molecular formula is C23H26N8O. The molecule has 32 heavy (non-hydrogen) atoms. The third-order valence-electron chi connectivity index (χ3n) is 6.09. The van der Waals surface area contributed by atoms with Gasteiger partial charge in [0.2, 0.25) is 5.91 Å². The summed E-state index contributed by atoms with van der Waals surface area (Å²) in [4.78, 5) is 27.8. The normalized spacial score (nSPS) is 16.1. The standard InChI is InChI=1S/C23H26N8O/c1-4-19(32)30-11-10-16(13-30)27-21-20-23(25-14-24-21)29(3)22(28-20)18-12-26-31(15(18)2)17-8-6-5-7-9-17/h5-9,12,14,16H,4,10-11,13H2,1-3H3,(H,24,25,27). The molecule has 0 bridgehead atoms. The van der Waals surface area contributed by atoms with E-state index in [4.69, 9.17) is 4.98 Å². The van der Waals surface area contributed by atoms with Gasteiger partial charge >= 0.3 is 0 Å². The number of amides is 1. The Morgan fingerprint density at radius 1 is 1.22 bits per heavy atom. The van der Waals surface area contributed by atoms with Gasteiger partial charge in [0.25, 0.3) is 0 Å². The second-order valence-corrected chi connectivity index (χ2v) is 8.10. The van der Waals surface area contributed by atoms with Gasteiger partial charge in [-0.2, -0.15) is 5.10 Å². The number of hydrogen-bond acceptors (Lipinski definition) is 6. The Morgan fingerprint density at radius 2 is 2.03 bits per heavy atom. The molecule has 1 N–H and O–H groups in total. The third kappa shape index (κ3) is 3.39. The average molecular weight is 431 g/mol. The topological polar surface area (TPSA) is 93.8 Å². The number of aromatic nitrogens is 6. The minimum atomic E-state index is 0.150. The molecule has 4 aromatic rings. The van der Waals surface area contributed by atoms with Crippen molar-refractivity contribution < 1.29 is 4.79 Å². The van der Waals surface area contributed by atoms with Crippen LogP contribution in [-0.4, -0.2) is 59.2 Å². The van der Waals surface area contributed by atoms with Crippen molar-refractivity contribution in [3.63, 3.8) is 0 Å². The molecule has 1 aromatic carbocycles. The molecule has 1 saturated heterocycles. The van der Waals surface area contributed by atoms with Crippen molar-refractivity contribution >= 4 is 22.9 Å². The summed E-state index contributed by atoms with van der Waals surface area (Å²) in [6, 6.07) is 10.2. The molecular weight excluding hydrogens is 404 g/mol. The lowest BCUT2D eigenvalue weighted by Crippen LogP contribution is -2.31. The lowest BCUT2D eigenvalue weighted by molar-refractivity contribution is -0.129. The number of benzene rings is 1. The number of carbonyl (C=O) groups is 1. The third-order valence-corrected chi connectivity index (χ3v) is 6.09. The van der Waals surface area contributed by atoms with E-state index in [9.17, 15) is 4.79 Å². The lowest BCUT2D eigenvalue weighted by atomic mass is 10.2. The van der Waals surface area contributed by atoms with E-state index in [1.54, 1.807) is 6.33 Å². The van der Waals surface area contributed by atoms with Crippen LogP contribution in [0.1, 0.15) is 25.5 Å². The molecule has 9 nitrogen and oxygen atoms in total. The van der Waals surface area contributed by atoms with Gasteiger partial charge in [0, 0.05) is 32.6 Å². The lowest BCUT2D eigenvalue weighted by Gasteiger charge is -2.16. The quantitative estimate of drug-likeness (QED) is 0.523. The first kappa shape index (κ1) is 20.2. The molecule has 1 unspecified atom stereocenters. The van der Waals surface area contributed by atoms with Crippen LogP contribution in [-0.2, 0) is 11.8 Å². The maximum absolute atomic E-state index is 12.0. The fourth-order valence-corrected chi connectivity index (χ4v) is 4.33. The van der Waals surface area contributed by atoms with Crippen molar-refractivity contribution in [1.82, 2.24) is 34.2 Å². The summed E-state index contributed by atoms with van der Waals surface area (Å²) in [5.41, 5.74) is 4.42. The zero-order valence-electron chi connectivity index (χ0n) is 18.5. The second kappa shape index (κ2) is 8.07. The molecule has 1 aliphatic heterocycles. The van der Waals surface area contributed by atoms with E-state index in [2.05, 4.69) is 20.4 Å². The van der Waals surface area contributed by atoms with Gasteiger partial charge in [-0.25, -0.2) is 19.6 Å². The van der Waals surface area contributed by atoms with E-state index >= 15 is 0 Å². The summed E-state index contributed by atoms with van der Waals surface area (Å²) in [5.74, 6) is 1.67. The van der Waals surface area contributed by atoms with Gasteiger partial charge in [-0.05, 0) is 25.5 Å². The SMILES string of the molecule is CCC(=O)N1CCC(Nc2ncnc3c2nc(-c2cnn(-c4ccccc4)c2C)n3C)C1. The minimum absolute atomic E-state index is 0.150. The Balaban J connectivity index is 1.48. The molecule has 1 atom stereocenters. The van der Waals surface area contributed by atoms with Crippen molar-refractivity contribution in [3.05, 3.63) is 48.5 Å². The van der Waals surface area contributed by atoms with Crippen molar-refractivity contribution in [1.29, 1.82) is 0 Å². The summed E-state index contributed by atoms with van der Waals surface area (Å²) in [6.45, 7) is 5.39. The fraction of sp³-hybridized carbons (Fsp3) is 0.348. The molecule has 3 aromatic heterocycles. The van der Waals surface area contributed by atoms with E-state index in [-0.39, 0.29) is 11.9 Å². The number of likely N-dealkylation sites (tertiary alicyclic amines) is 1.